The first kappa shape index (κ1) is 18.4. The first-order valence-corrected chi connectivity index (χ1v) is 9.42. The van der Waals surface area contributed by atoms with E-state index in [1.807, 2.05) is 78.3 Å². The van der Waals surface area contributed by atoms with Gasteiger partial charge < -0.3 is 5.73 Å². The molecule has 0 aliphatic carbocycles. The van der Waals surface area contributed by atoms with Gasteiger partial charge in [-0.3, -0.25) is 4.79 Å². The number of rotatable bonds is 5. The van der Waals surface area contributed by atoms with Crippen LogP contribution in [0.3, 0.4) is 0 Å². The van der Waals surface area contributed by atoms with Crippen LogP contribution in [-0.2, 0) is 0 Å². The fourth-order valence-corrected chi connectivity index (χ4v) is 3.32. The smallest absolute Gasteiger partial charge is 0.185 e. The molecule has 0 spiro atoms. The molecule has 0 saturated heterocycles. The minimum absolute atomic E-state index is 0.0943. The molecule has 4 nitrogen and oxygen atoms in total. The number of nitrogens with two attached hydrogens (primary N) is 1. The first-order chi connectivity index (χ1) is 14.1. The second-order valence-electron chi connectivity index (χ2n) is 6.78. The highest BCUT2D eigenvalue weighted by atomic mass is 16.1. The van der Waals surface area contributed by atoms with Gasteiger partial charge >= 0.3 is 0 Å². The van der Waals surface area contributed by atoms with Gasteiger partial charge in [0.1, 0.15) is 0 Å². The molecule has 4 aromatic rings. The molecule has 0 saturated carbocycles. The largest absolute Gasteiger partial charge is 0.399 e. The SMILES string of the molecule is Cc1nn(-c2ccccc2)c(-c2ccccc2)c1/C=C/C(=O)c1cccc(N)c1. The summed E-state index contributed by atoms with van der Waals surface area (Å²) in [6, 6.07) is 27.1. The molecule has 3 aromatic carbocycles. The van der Waals surface area contributed by atoms with Crippen molar-refractivity contribution in [3.63, 3.8) is 0 Å². The van der Waals surface area contributed by atoms with Gasteiger partial charge in [0.25, 0.3) is 0 Å². The summed E-state index contributed by atoms with van der Waals surface area (Å²) in [6.45, 7) is 1.95. The maximum atomic E-state index is 12.6. The van der Waals surface area contributed by atoms with Crippen LogP contribution in [0.5, 0.6) is 0 Å². The van der Waals surface area contributed by atoms with Gasteiger partial charge in [-0.25, -0.2) is 4.68 Å². The number of nitrogens with zero attached hydrogens (tertiary/aromatic N) is 2. The highest BCUT2D eigenvalue weighted by molar-refractivity contribution is 6.07. The van der Waals surface area contributed by atoms with E-state index < -0.39 is 0 Å². The van der Waals surface area contributed by atoms with Gasteiger partial charge in [-0.15, -0.1) is 0 Å². The fourth-order valence-electron chi connectivity index (χ4n) is 3.32. The molecule has 0 amide bonds. The lowest BCUT2D eigenvalue weighted by Gasteiger charge is -2.09. The van der Waals surface area contributed by atoms with Gasteiger partial charge in [-0.05, 0) is 43.3 Å². The quantitative estimate of drug-likeness (QED) is 0.290. The van der Waals surface area contributed by atoms with Crippen LogP contribution in [0.4, 0.5) is 5.69 Å². The summed E-state index contributed by atoms with van der Waals surface area (Å²) >= 11 is 0. The minimum atomic E-state index is -0.0943. The number of anilines is 1. The number of benzene rings is 3. The molecule has 4 rings (SSSR count). The average Bonchev–Trinajstić information content (AvgIpc) is 3.09. The lowest BCUT2D eigenvalue weighted by molar-refractivity contribution is 0.104. The van der Waals surface area contributed by atoms with E-state index in [2.05, 4.69) is 0 Å². The Kier molecular flexibility index (Phi) is 5.08. The van der Waals surface area contributed by atoms with Crippen LogP contribution in [0.2, 0.25) is 0 Å². The van der Waals surface area contributed by atoms with Gasteiger partial charge in [0.2, 0.25) is 0 Å². The highest BCUT2D eigenvalue weighted by Gasteiger charge is 2.16. The van der Waals surface area contributed by atoms with Gasteiger partial charge in [0.15, 0.2) is 5.78 Å². The summed E-state index contributed by atoms with van der Waals surface area (Å²) in [5.41, 5.74) is 11.7. The Morgan fingerprint density at radius 2 is 1.62 bits per heavy atom. The Morgan fingerprint density at radius 3 is 2.31 bits per heavy atom. The number of aromatic nitrogens is 2. The number of ketones is 1. The number of para-hydroxylation sites is 1. The van der Waals surface area contributed by atoms with E-state index in [0.717, 1.165) is 28.2 Å². The predicted molar refractivity (Wildman–Crippen MR) is 118 cm³/mol. The Hall–Kier alpha value is -3.92. The first-order valence-electron chi connectivity index (χ1n) is 9.42. The third-order valence-electron chi connectivity index (χ3n) is 4.73. The Balaban J connectivity index is 1.81. The van der Waals surface area contributed by atoms with Gasteiger partial charge in [0, 0.05) is 22.4 Å². The summed E-state index contributed by atoms with van der Waals surface area (Å²) in [4.78, 5) is 12.6. The van der Waals surface area contributed by atoms with Crippen LogP contribution in [-0.4, -0.2) is 15.6 Å². The Bertz CT molecular complexity index is 1180. The second-order valence-corrected chi connectivity index (χ2v) is 6.78. The van der Waals surface area contributed by atoms with Crippen molar-refractivity contribution < 1.29 is 4.79 Å². The summed E-state index contributed by atoms with van der Waals surface area (Å²) in [5, 5.41) is 4.76. The predicted octanol–water partition coefficient (Wildman–Crippen LogP) is 5.33. The van der Waals surface area contributed by atoms with E-state index in [0.29, 0.717) is 11.3 Å². The zero-order valence-corrected chi connectivity index (χ0v) is 16.1. The average molecular weight is 379 g/mol. The van der Waals surface area contributed by atoms with Crippen molar-refractivity contribution in [2.24, 2.45) is 0 Å². The molecule has 0 radical (unpaired) electrons. The maximum absolute atomic E-state index is 12.6. The van der Waals surface area contributed by atoms with E-state index >= 15 is 0 Å². The van der Waals surface area contributed by atoms with E-state index in [9.17, 15) is 4.79 Å². The third kappa shape index (κ3) is 3.87. The fraction of sp³-hybridized carbons (Fsp3) is 0.0400. The topological polar surface area (TPSA) is 60.9 Å². The summed E-state index contributed by atoms with van der Waals surface area (Å²) < 4.78 is 1.93. The monoisotopic (exact) mass is 379 g/mol. The maximum Gasteiger partial charge on any atom is 0.185 e. The van der Waals surface area contributed by atoms with E-state index in [1.165, 1.54) is 0 Å². The van der Waals surface area contributed by atoms with Crippen LogP contribution in [0.1, 0.15) is 21.6 Å². The Morgan fingerprint density at radius 1 is 0.931 bits per heavy atom. The molecule has 0 atom stereocenters. The van der Waals surface area contributed by atoms with E-state index in [4.69, 9.17) is 10.8 Å². The van der Waals surface area contributed by atoms with Crippen LogP contribution in [0, 0.1) is 6.92 Å². The molecule has 0 fully saturated rings. The standard InChI is InChI=1S/C25H21N3O/c1-18-23(15-16-24(29)20-11-8-12-21(26)17-20)25(19-9-4-2-5-10-19)28(27-18)22-13-6-3-7-14-22/h2-17H,26H2,1H3/b16-15+. The molecule has 1 aromatic heterocycles. The summed E-state index contributed by atoms with van der Waals surface area (Å²) in [6.07, 6.45) is 3.43. The van der Waals surface area contributed by atoms with E-state index in [1.54, 1.807) is 30.3 Å². The minimum Gasteiger partial charge on any atom is -0.399 e. The molecule has 0 bridgehead atoms. The molecule has 2 N–H and O–H groups in total. The normalized spacial score (nSPS) is 11.1. The molecule has 0 aliphatic rings. The van der Waals surface area contributed by atoms with Gasteiger partial charge in [0.05, 0.1) is 17.1 Å². The molecule has 142 valence electrons. The third-order valence-corrected chi connectivity index (χ3v) is 4.73. The summed E-state index contributed by atoms with van der Waals surface area (Å²) in [7, 11) is 0. The zero-order chi connectivity index (χ0) is 20.2. The lowest BCUT2D eigenvalue weighted by atomic mass is 10.0. The van der Waals surface area contributed by atoms with Crippen molar-refractivity contribution in [3.05, 3.63) is 108 Å². The second kappa shape index (κ2) is 7.98. The van der Waals surface area contributed by atoms with E-state index in [-0.39, 0.29) is 5.78 Å². The molecule has 1 heterocycles. The highest BCUT2D eigenvalue weighted by Crippen LogP contribution is 2.30. The molecular weight excluding hydrogens is 358 g/mol. The molecule has 29 heavy (non-hydrogen) atoms. The summed E-state index contributed by atoms with van der Waals surface area (Å²) in [5.74, 6) is -0.0943. The number of nitrogen functional groups attached to an aromatic ring is 1. The number of aryl methyl sites for hydroxylation is 1. The van der Waals surface area contributed by atoms with Crippen molar-refractivity contribution >= 4 is 17.5 Å². The van der Waals surface area contributed by atoms with Crippen LogP contribution in [0.25, 0.3) is 23.0 Å². The zero-order valence-electron chi connectivity index (χ0n) is 16.1. The van der Waals surface area contributed by atoms with Gasteiger partial charge in [-0.1, -0.05) is 60.7 Å². The Labute approximate surface area is 169 Å². The van der Waals surface area contributed by atoms with Crippen LogP contribution >= 0.6 is 0 Å². The molecule has 0 aliphatic heterocycles. The number of hydrogen-bond acceptors (Lipinski definition) is 3. The van der Waals surface area contributed by atoms with Crippen molar-refractivity contribution in [2.75, 3.05) is 5.73 Å². The van der Waals surface area contributed by atoms with Gasteiger partial charge in [-0.2, -0.15) is 5.10 Å². The number of allylic oxidation sites excluding steroid dienone is 1. The molecular formula is C25H21N3O. The lowest BCUT2D eigenvalue weighted by Crippen LogP contribution is -1.99. The molecule has 4 heteroatoms. The van der Waals surface area contributed by atoms with Crippen molar-refractivity contribution in [1.29, 1.82) is 0 Å². The van der Waals surface area contributed by atoms with Crippen LogP contribution < -0.4 is 5.73 Å². The van der Waals surface area contributed by atoms with Crippen molar-refractivity contribution in [3.8, 4) is 16.9 Å². The number of hydrogen-bond donors (Lipinski definition) is 1. The van der Waals surface area contributed by atoms with Crippen molar-refractivity contribution in [2.45, 2.75) is 6.92 Å². The number of carbonyl (C=O) groups excluding carboxylic acids is 1. The van der Waals surface area contributed by atoms with Crippen molar-refractivity contribution in [1.82, 2.24) is 9.78 Å². The molecule has 0 unspecified atom stereocenters. The number of carbonyl (C=O) groups is 1. The van der Waals surface area contributed by atoms with Crippen LogP contribution in [0.15, 0.2) is 91.0 Å².